The van der Waals surface area contributed by atoms with E-state index in [-0.39, 0.29) is 0 Å². The highest BCUT2D eigenvalue weighted by atomic mass is 16.8. The van der Waals surface area contributed by atoms with Gasteiger partial charge in [0.05, 0.1) is 33.0 Å². The molecule has 5 saturated heterocycles. The van der Waals surface area contributed by atoms with Crippen LogP contribution in [0.1, 0.15) is 13.8 Å². The SMILES string of the molecule is CC(=O)N[C@@H]1[C@@H](O)[C@H](O[C@@H]2O[C@H](CO)[C@@H](O[C@@H]3O[C@H](CO[C@@H]4O[C@H](CO)[C@@H](O)[C@H](O)[C@@H]4O)[C@@H](O)[C@H](O[C@@H]4O[C@H](CO)[C@@H](O)[C@H](O)[C@@H]4O)[C@@H]3O)[C@H](O)[C@H]2NC(C)=O)[C@@H](CO)O[C@@H]1O. The van der Waals surface area contributed by atoms with Crippen molar-refractivity contribution < 1.29 is 129 Å². The molecular formula is C34H58N2O26. The van der Waals surface area contributed by atoms with Crippen LogP contribution in [0.3, 0.4) is 0 Å². The van der Waals surface area contributed by atoms with Crippen LogP contribution in [0.15, 0.2) is 0 Å². The van der Waals surface area contributed by atoms with Crippen molar-refractivity contribution >= 4 is 11.8 Å². The zero-order chi connectivity index (χ0) is 45.9. The summed E-state index contributed by atoms with van der Waals surface area (Å²) >= 11 is 0. The van der Waals surface area contributed by atoms with Gasteiger partial charge >= 0.3 is 0 Å². The minimum absolute atomic E-state index is 0.693. The molecule has 28 nitrogen and oxygen atoms in total. The van der Waals surface area contributed by atoms with E-state index in [1.165, 1.54) is 0 Å². The molecule has 0 bridgehead atoms. The molecule has 5 aliphatic rings. The van der Waals surface area contributed by atoms with Gasteiger partial charge in [-0.25, -0.2) is 0 Å². The van der Waals surface area contributed by atoms with E-state index in [1.54, 1.807) is 0 Å². The van der Waals surface area contributed by atoms with E-state index in [2.05, 4.69) is 10.6 Å². The van der Waals surface area contributed by atoms with Crippen LogP contribution < -0.4 is 10.6 Å². The van der Waals surface area contributed by atoms with Crippen LogP contribution in [-0.2, 0) is 52.2 Å². The molecule has 17 N–H and O–H groups in total. The number of aliphatic hydroxyl groups excluding tert-OH is 15. The van der Waals surface area contributed by atoms with Gasteiger partial charge in [-0.2, -0.15) is 0 Å². The van der Waals surface area contributed by atoms with Crippen molar-refractivity contribution in [3.63, 3.8) is 0 Å². The van der Waals surface area contributed by atoms with Gasteiger partial charge in [-0.3, -0.25) is 9.59 Å². The molecule has 25 atom stereocenters. The summed E-state index contributed by atoms with van der Waals surface area (Å²) in [4.78, 5) is 24.2. The van der Waals surface area contributed by atoms with E-state index in [0.29, 0.717) is 0 Å². The average Bonchev–Trinajstić information content (AvgIpc) is 3.23. The molecule has 28 heteroatoms. The molecule has 0 spiro atoms. The highest BCUT2D eigenvalue weighted by Gasteiger charge is 2.56. The van der Waals surface area contributed by atoms with Crippen LogP contribution >= 0.6 is 0 Å². The summed E-state index contributed by atoms with van der Waals surface area (Å²) in [5, 5.41) is 163. The second-order valence-electron chi connectivity index (χ2n) is 15.5. The number of hydrogen-bond acceptors (Lipinski definition) is 26. The molecule has 62 heavy (non-hydrogen) atoms. The molecule has 0 aromatic rings. The largest absolute Gasteiger partial charge is 0.394 e. The summed E-state index contributed by atoms with van der Waals surface area (Å²) in [6.45, 7) is -2.31. The molecule has 5 rings (SSSR count). The van der Waals surface area contributed by atoms with Crippen molar-refractivity contribution in [1.29, 1.82) is 0 Å². The number of amides is 2. The van der Waals surface area contributed by atoms with Gasteiger partial charge in [0.2, 0.25) is 11.8 Å². The summed E-state index contributed by atoms with van der Waals surface area (Å²) in [5.74, 6) is -1.49. The summed E-state index contributed by atoms with van der Waals surface area (Å²) < 4.78 is 50.8. The Bertz CT molecular complexity index is 1440. The lowest BCUT2D eigenvalue weighted by Crippen LogP contribution is -2.70. The first-order valence-electron chi connectivity index (χ1n) is 19.6. The first-order valence-corrected chi connectivity index (χ1v) is 19.6. The van der Waals surface area contributed by atoms with Crippen LogP contribution in [0, 0.1) is 0 Å². The third-order valence-corrected chi connectivity index (χ3v) is 11.1. The van der Waals surface area contributed by atoms with Gasteiger partial charge in [-0.1, -0.05) is 0 Å². The molecular weight excluding hydrogens is 852 g/mol. The van der Waals surface area contributed by atoms with Gasteiger partial charge in [0.15, 0.2) is 31.5 Å². The highest BCUT2D eigenvalue weighted by molar-refractivity contribution is 5.73. The maximum Gasteiger partial charge on any atom is 0.217 e. The second kappa shape index (κ2) is 22.0. The lowest BCUT2D eigenvalue weighted by Gasteiger charge is -2.50. The number of ether oxygens (including phenoxy) is 9. The summed E-state index contributed by atoms with van der Waals surface area (Å²) in [6.07, 6.45) is -42.3. The van der Waals surface area contributed by atoms with E-state index in [4.69, 9.17) is 42.6 Å². The average molecular weight is 911 g/mol. The minimum Gasteiger partial charge on any atom is -0.394 e. The second-order valence-corrected chi connectivity index (χ2v) is 15.5. The van der Waals surface area contributed by atoms with E-state index in [9.17, 15) is 86.2 Å². The molecule has 0 aliphatic carbocycles. The third kappa shape index (κ3) is 11.0. The smallest absolute Gasteiger partial charge is 0.217 e. The van der Waals surface area contributed by atoms with Crippen LogP contribution in [0.25, 0.3) is 0 Å². The zero-order valence-electron chi connectivity index (χ0n) is 33.2. The molecule has 0 aromatic heterocycles. The molecule has 2 amide bonds. The van der Waals surface area contributed by atoms with Gasteiger partial charge in [0.25, 0.3) is 0 Å². The van der Waals surface area contributed by atoms with Crippen LogP contribution in [-0.4, -0.2) is 275 Å². The Morgan fingerprint density at radius 1 is 0.419 bits per heavy atom. The number of carbonyl (C=O) groups is 2. The first kappa shape index (κ1) is 51.0. The molecule has 0 radical (unpaired) electrons. The van der Waals surface area contributed by atoms with E-state index < -0.39 is 198 Å². The van der Waals surface area contributed by atoms with Crippen molar-refractivity contribution in [2.24, 2.45) is 0 Å². The van der Waals surface area contributed by atoms with E-state index >= 15 is 0 Å². The Balaban J connectivity index is 1.41. The van der Waals surface area contributed by atoms with Crippen LogP contribution in [0.4, 0.5) is 0 Å². The molecule has 0 aromatic carbocycles. The normalized spacial score (nSPS) is 49.0. The fourth-order valence-corrected chi connectivity index (χ4v) is 7.73. The van der Waals surface area contributed by atoms with Gasteiger partial charge < -0.3 is 130 Å². The topological polar surface area (TPSA) is 445 Å². The van der Waals surface area contributed by atoms with Crippen molar-refractivity contribution in [3.05, 3.63) is 0 Å². The Morgan fingerprint density at radius 3 is 1.35 bits per heavy atom. The fourth-order valence-electron chi connectivity index (χ4n) is 7.73. The third-order valence-electron chi connectivity index (χ3n) is 11.1. The van der Waals surface area contributed by atoms with E-state index in [0.717, 1.165) is 13.8 Å². The van der Waals surface area contributed by atoms with Gasteiger partial charge in [-0.05, 0) is 0 Å². The van der Waals surface area contributed by atoms with Crippen LogP contribution in [0.2, 0.25) is 0 Å². The lowest BCUT2D eigenvalue weighted by atomic mass is 9.94. The fraction of sp³-hybridized carbons (Fsp3) is 0.941. The molecule has 0 unspecified atom stereocenters. The molecule has 360 valence electrons. The molecule has 0 saturated carbocycles. The predicted octanol–water partition coefficient (Wildman–Crippen LogP) is -11.6. The summed E-state index contributed by atoms with van der Waals surface area (Å²) in [7, 11) is 0. The molecule has 5 fully saturated rings. The molecule has 5 aliphatic heterocycles. The Hall–Kier alpha value is -2.02. The summed E-state index contributed by atoms with van der Waals surface area (Å²) in [6, 6.07) is -3.19. The van der Waals surface area contributed by atoms with Gasteiger partial charge in [0, 0.05) is 13.8 Å². The zero-order valence-corrected chi connectivity index (χ0v) is 33.2. The van der Waals surface area contributed by atoms with Gasteiger partial charge in [-0.15, -0.1) is 0 Å². The minimum atomic E-state index is -2.18. The Morgan fingerprint density at radius 2 is 0.823 bits per heavy atom. The van der Waals surface area contributed by atoms with E-state index in [1.807, 2.05) is 0 Å². The van der Waals surface area contributed by atoms with Crippen molar-refractivity contribution in [3.8, 4) is 0 Å². The number of rotatable bonds is 15. The number of carbonyl (C=O) groups excluding carboxylic acids is 2. The molecule has 5 heterocycles. The highest BCUT2D eigenvalue weighted by Crippen LogP contribution is 2.35. The number of hydrogen-bond donors (Lipinski definition) is 17. The lowest BCUT2D eigenvalue weighted by molar-refractivity contribution is -0.384. The maximum absolute atomic E-state index is 12.4. The Labute approximate surface area is 351 Å². The number of nitrogens with one attached hydrogen (secondary N) is 2. The quantitative estimate of drug-likeness (QED) is 0.0725. The summed E-state index contributed by atoms with van der Waals surface area (Å²) in [5.41, 5.74) is 0. The first-order chi connectivity index (χ1) is 29.3. The monoisotopic (exact) mass is 910 g/mol. The standard InChI is InChI=1S/C34H58N2O26/c1-8(41)35-15-20(46)27(12(5-39)55-30(15)53)60-31-16(36-9(2)42)21(47)28(13(6-40)58-31)61-34-26(52)29(62-33-25(51)23(49)18(44)11(4-38)57-33)19(45)14(59-34)7-54-32-24(50)22(48)17(43)10(3-37)56-32/h10-34,37-40,43-53H,3-7H2,1-2H3,(H,35,41)(H,36,42)/t10-,11-,12-,13-,14-,15-,16-,17-,18-,19-,20-,21-,22+,23+,24+,25+,26+,27-,28-,29+,30+,31+,32-,33+,34+/m1/s1. The Kier molecular flexibility index (Phi) is 18.1. The van der Waals surface area contributed by atoms with Gasteiger partial charge in [0.1, 0.15) is 122 Å². The number of aliphatic hydroxyl groups is 15. The van der Waals surface area contributed by atoms with Crippen molar-refractivity contribution in [2.75, 3.05) is 33.0 Å². The van der Waals surface area contributed by atoms with Crippen LogP contribution in [0.5, 0.6) is 0 Å². The predicted molar refractivity (Wildman–Crippen MR) is 190 cm³/mol. The van der Waals surface area contributed by atoms with Crippen molar-refractivity contribution in [1.82, 2.24) is 10.6 Å². The van der Waals surface area contributed by atoms with Crippen molar-refractivity contribution in [2.45, 2.75) is 167 Å². The maximum atomic E-state index is 12.4.